The molecule has 31 heavy (non-hydrogen) atoms. The van der Waals surface area contributed by atoms with Gasteiger partial charge in [-0.3, -0.25) is 19.4 Å². The molecule has 1 aliphatic carbocycles. The summed E-state index contributed by atoms with van der Waals surface area (Å²) in [4.78, 5) is 44.0. The summed E-state index contributed by atoms with van der Waals surface area (Å²) >= 11 is 0. The molecule has 0 spiro atoms. The van der Waals surface area contributed by atoms with Crippen molar-refractivity contribution in [2.75, 3.05) is 27.2 Å². The van der Waals surface area contributed by atoms with Gasteiger partial charge in [0, 0.05) is 33.2 Å². The van der Waals surface area contributed by atoms with Crippen molar-refractivity contribution in [1.82, 2.24) is 20.9 Å². The van der Waals surface area contributed by atoms with Gasteiger partial charge in [-0.05, 0) is 38.2 Å². The molecule has 3 amide bonds. The van der Waals surface area contributed by atoms with Gasteiger partial charge in [0.05, 0.1) is 0 Å². The average Bonchev–Trinajstić information content (AvgIpc) is 3.00. The number of hydrogen-bond donors (Lipinski definition) is 3. The van der Waals surface area contributed by atoms with E-state index in [1.54, 1.807) is 14.0 Å². The minimum absolute atomic E-state index is 0.141. The molecular formula is C23H39N5O3. The van der Waals surface area contributed by atoms with Gasteiger partial charge in [0.15, 0.2) is 0 Å². The number of likely N-dealkylation sites (N-methyl/N-ethyl adjacent to an activating group) is 1. The predicted octanol–water partition coefficient (Wildman–Crippen LogP) is 1.76. The largest absolute Gasteiger partial charge is 0.378 e. The van der Waals surface area contributed by atoms with Crippen LogP contribution >= 0.6 is 0 Å². The van der Waals surface area contributed by atoms with Gasteiger partial charge in [-0.2, -0.15) is 0 Å². The first kappa shape index (κ1) is 24.9. The minimum atomic E-state index is -0.996. The van der Waals surface area contributed by atoms with Gasteiger partial charge in [0.2, 0.25) is 5.91 Å². The molecule has 1 atom stereocenters. The Morgan fingerprint density at radius 3 is 2.48 bits per heavy atom. The Morgan fingerprint density at radius 1 is 1.26 bits per heavy atom. The quantitative estimate of drug-likeness (QED) is 0.323. The molecule has 1 saturated carbocycles. The van der Waals surface area contributed by atoms with Crippen LogP contribution in [-0.4, -0.2) is 67.1 Å². The second-order valence-electron chi connectivity index (χ2n) is 9.26. The Kier molecular flexibility index (Phi) is 9.07. The predicted molar refractivity (Wildman–Crippen MR) is 123 cm³/mol. The highest BCUT2D eigenvalue weighted by molar-refractivity contribution is 6.44. The maximum absolute atomic E-state index is 13.1. The lowest BCUT2D eigenvalue weighted by molar-refractivity contribution is -0.145. The van der Waals surface area contributed by atoms with Crippen LogP contribution in [-0.2, 0) is 14.4 Å². The van der Waals surface area contributed by atoms with Gasteiger partial charge >= 0.3 is 0 Å². The zero-order valence-corrected chi connectivity index (χ0v) is 19.7. The van der Waals surface area contributed by atoms with Crippen molar-refractivity contribution in [3.05, 3.63) is 11.8 Å². The van der Waals surface area contributed by atoms with E-state index in [9.17, 15) is 14.4 Å². The summed E-state index contributed by atoms with van der Waals surface area (Å²) in [5, 5.41) is 9.05. The van der Waals surface area contributed by atoms with Crippen LogP contribution in [0.3, 0.4) is 0 Å². The average molecular weight is 434 g/mol. The van der Waals surface area contributed by atoms with E-state index in [1.807, 2.05) is 0 Å². The van der Waals surface area contributed by atoms with Crippen molar-refractivity contribution in [2.24, 2.45) is 10.9 Å². The van der Waals surface area contributed by atoms with Crippen LogP contribution in [0.25, 0.3) is 0 Å². The highest BCUT2D eigenvalue weighted by atomic mass is 16.2. The lowest BCUT2D eigenvalue weighted by atomic mass is 9.94. The smallest absolute Gasteiger partial charge is 0.270 e. The number of aliphatic imine (C=N–C) groups is 1. The van der Waals surface area contributed by atoms with Gasteiger partial charge in [-0.25, -0.2) is 0 Å². The summed E-state index contributed by atoms with van der Waals surface area (Å²) < 4.78 is 0. The van der Waals surface area contributed by atoms with Crippen molar-refractivity contribution >= 4 is 23.4 Å². The van der Waals surface area contributed by atoms with Crippen LogP contribution in [0, 0.1) is 5.92 Å². The molecule has 2 fully saturated rings. The first-order chi connectivity index (χ1) is 14.7. The Bertz CT molecular complexity index is 723. The molecule has 1 heterocycles. The lowest BCUT2D eigenvalue weighted by Gasteiger charge is -2.43. The van der Waals surface area contributed by atoms with E-state index in [-0.39, 0.29) is 41.7 Å². The zero-order chi connectivity index (χ0) is 23.0. The Hall–Kier alpha value is -2.38. The van der Waals surface area contributed by atoms with Crippen LogP contribution in [0.4, 0.5) is 0 Å². The Morgan fingerprint density at radius 2 is 1.90 bits per heavy atom. The number of nitrogens with one attached hydrogen (secondary N) is 3. The second kappa shape index (κ2) is 11.3. The maximum Gasteiger partial charge on any atom is 0.270 e. The SMILES string of the molecule is CN=C(/C=C1\NCC(C)(C(=O)NC2CCCCCC2)N(C)C1=O)C(=O)NCCC(C)C. The summed E-state index contributed by atoms with van der Waals surface area (Å²) in [6, 6.07) is 0.167. The second-order valence-corrected chi connectivity index (χ2v) is 9.26. The van der Waals surface area contributed by atoms with E-state index >= 15 is 0 Å². The number of rotatable bonds is 7. The van der Waals surface area contributed by atoms with Crippen LogP contribution < -0.4 is 16.0 Å². The third-order valence-corrected chi connectivity index (χ3v) is 6.34. The van der Waals surface area contributed by atoms with Gasteiger partial charge in [-0.15, -0.1) is 0 Å². The molecule has 2 aliphatic rings. The molecule has 8 heteroatoms. The fourth-order valence-electron chi connectivity index (χ4n) is 3.91. The normalized spacial score (nSPS) is 24.7. The van der Waals surface area contributed by atoms with E-state index in [0.717, 1.165) is 32.1 Å². The molecule has 2 rings (SSSR count). The van der Waals surface area contributed by atoms with Gasteiger partial charge in [0.1, 0.15) is 16.9 Å². The van der Waals surface area contributed by atoms with Crippen molar-refractivity contribution in [1.29, 1.82) is 0 Å². The van der Waals surface area contributed by atoms with Gasteiger partial charge in [-0.1, -0.05) is 39.5 Å². The van der Waals surface area contributed by atoms with E-state index in [0.29, 0.717) is 12.5 Å². The van der Waals surface area contributed by atoms with Crippen LogP contribution in [0.1, 0.15) is 65.7 Å². The number of carbonyl (C=O) groups excluding carboxylic acids is 3. The molecule has 1 aliphatic heterocycles. The highest BCUT2D eigenvalue weighted by Crippen LogP contribution is 2.23. The van der Waals surface area contributed by atoms with E-state index in [4.69, 9.17) is 0 Å². The van der Waals surface area contributed by atoms with E-state index in [2.05, 4.69) is 34.8 Å². The zero-order valence-electron chi connectivity index (χ0n) is 19.7. The summed E-state index contributed by atoms with van der Waals surface area (Å²) in [7, 11) is 3.16. The summed E-state index contributed by atoms with van der Waals surface area (Å²) in [6.45, 7) is 6.78. The van der Waals surface area contributed by atoms with Gasteiger partial charge < -0.3 is 20.9 Å². The number of piperazine rings is 1. The van der Waals surface area contributed by atoms with Crippen molar-refractivity contribution in [2.45, 2.75) is 77.3 Å². The molecular weight excluding hydrogens is 394 g/mol. The first-order valence-corrected chi connectivity index (χ1v) is 11.5. The Balaban J connectivity index is 2.04. The summed E-state index contributed by atoms with van der Waals surface area (Å²) in [5.74, 6) is -0.302. The van der Waals surface area contributed by atoms with Crippen LogP contribution in [0.15, 0.2) is 16.8 Å². The highest BCUT2D eigenvalue weighted by Gasteiger charge is 2.45. The number of hydrogen-bond acceptors (Lipinski definition) is 5. The van der Waals surface area contributed by atoms with Crippen LogP contribution in [0.2, 0.25) is 0 Å². The fourth-order valence-corrected chi connectivity index (χ4v) is 3.91. The fraction of sp³-hybridized carbons (Fsp3) is 0.739. The standard InChI is InChI=1S/C23H39N5O3/c1-16(2)12-13-25-20(29)18(24-4)14-19-21(30)28(5)23(3,15-26-19)22(31)27-17-10-8-6-7-9-11-17/h14,16-17,26H,6-13,15H2,1-5H3,(H,25,29)(H,27,31)/b19-14-,24-18?. The molecule has 3 N–H and O–H groups in total. The number of nitrogens with zero attached hydrogens (tertiary/aromatic N) is 2. The number of amides is 3. The molecule has 0 aromatic rings. The van der Waals surface area contributed by atoms with Crippen molar-refractivity contribution in [3.8, 4) is 0 Å². The Labute approximate surface area is 186 Å². The van der Waals surface area contributed by atoms with E-state index < -0.39 is 5.54 Å². The molecule has 0 aromatic carbocycles. The van der Waals surface area contributed by atoms with Crippen LogP contribution in [0.5, 0.6) is 0 Å². The summed E-state index contributed by atoms with van der Waals surface area (Å²) in [5.41, 5.74) is -0.551. The topological polar surface area (TPSA) is 103 Å². The van der Waals surface area contributed by atoms with Gasteiger partial charge in [0.25, 0.3) is 11.8 Å². The van der Waals surface area contributed by atoms with Crippen molar-refractivity contribution < 1.29 is 14.4 Å². The molecule has 1 unspecified atom stereocenters. The third-order valence-electron chi connectivity index (χ3n) is 6.34. The molecule has 0 bridgehead atoms. The summed E-state index contributed by atoms with van der Waals surface area (Å²) in [6.07, 6.45) is 8.98. The molecule has 174 valence electrons. The number of carbonyl (C=O) groups is 3. The molecule has 8 nitrogen and oxygen atoms in total. The monoisotopic (exact) mass is 433 g/mol. The lowest BCUT2D eigenvalue weighted by Crippen LogP contribution is -2.67. The third kappa shape index (κ3) is 6.55. The van der Waals surface area contributed by atoms with E-state index in [1.165, 1.54) is 30.9 Å². The molecule has 0 radical (unpaired) electrons. The minimum Gasteiger partial charge on any atom is -0.378 e. The molecule has 1 saturated heterocycles. The maximum atomic E-state index is 13.1. The molecule has 0 aromatic heterocycles. The van der Waals surface area contributed by atoms with Crippen molar-refractivity contribution in [3.63, 3.8) is 0 Å². The first-order valence-electron chi connectivity index (χ1n) is 11.5.